The fraction of sp³-hybridized carbons (Fsp3) is 0.471. The molecule has 1 amide bonds. The molecule has 1 aromatic carbocycles. The number of rotatable bonds is 8. The van der Waals surface area contributed by atoms with Gasteiger partial charge in [-0.05, 0) is 11.5 Å². The minimum Gasteiger partial charge on any atom is -0.467 e. The lowest BCUT2D eigenvalue weighted by Crippen LogP contribution is -2.43. The fourth-order valence-corrected chi connectivity index (χ4v) is 2.01. The van der Waals surface area contributed by atoms with Gasteiger partial charge in [-0.15, -0.1) is 0 Å². The zero-order valence-electron chi connectivity index (χ0n) is 13.7. The quantitative estimate of drug-likeness (QED) is 0.744. The van der Waals surface area contributed by atoms with Crippen molar-refractivity contribution >= 4 is 17.8 Å². The van der Waals surface area contributed by atoms with Crippen molar-refractivity contribution in [2.45, 2.75) is 39.3 Å². The smallest absolute Gasteiger partial charge is 0.408 e. The third-order valence-corrected chi connectivity index (χ3v) is 3.06. The molecule has 0 radical (unpaired) electrons. The number of hydrogen-bond donors (Lipinski definition) is 1. The van der Waals surface area contributed by atoms with Crippen LogP contribution in [0.3, 0.4) is 0 Å². The van der Waals surface area contributed by atoms with Gasteiger partial charge in [0.1, 0.15) is 18.4 Å². The van der Waals surface area contributed by atoms with Gasteiger partial charge in [-0.1, -0.05) is 44.2 Å². The van der Waals surface area contributed by atoms with Gasteiger partial charge in [0.15, 0.2) is 0 Å². The molecule has 0 aromatic heterocycles. The number of carbonyl (C=O) groups is 3. The van der Waals surface area contributed by atoms with Crippen LogP contribution in [0.25, 0.3) is 0 Å². The van der Waals surface area contributed by atoms with E-state index in [4.69, 9.17) is 4.74 Å². The molecule has 6 heteroatoms. The lowest BCUT2D eigenvalue weighted by Gasteiger charge is -2.16. The van der Waals surface area contributed by atoms with Crippen LogP contribution >= 0.6 is 0 Å². The Bertz CT molecular complexity index is 527. The summed E-state index contributed by atoms with van der Waals surface area (Å²) in [5, 5.41) is 2.39. The summed E-state index contributed by atoms with van der Waals surface area (Å²) in [6.07, 6.45) is -0.527. The molecule has 126 valence electrons. The Balaban J connectivity index is 2.53. The zero-order chi connectivity index (χ0) is 17.2. The summed E-state index contributed by atoms with van der Waals surface area (Å²) in [4.78, 5) is 35.3. The summed E-state index contributed by atoms with van der Waals surface area (Å²) >= 11 is 0. The van der Waals surface area contributed by atoms with Crippen molar-refractivity contribution in [3.05, 3.63) is 35.9 Å². The highest BCUT2D eigenvalue weighted by molar-refractivity contribution is 5.88. The normalized spacial score (nSPS) is 11.7. The molecule has 0 fully saturated rings. The molecule has 0 aliphatic heterocycles. The number of nitrogens with one attached hydrogen (secondary N) is 1. The maximum Gasteiger partial charge on any atom is 0.408 e. The van der Waals surface area contributed by atoms with Crippen LogP contribution in [0.2, 0.25) is 0 Å². The summed E-state index contributed by atoms with van der Waals surface area (Å²) < 4.78 is 9.67. The molecule has 1 rings (SSSR count). The van der Waals surface area contributed by atoms with E-state index < -0.39 is 18.1 Å². The highest BCUT2D eigenvalue weighted by Gasteiger charge is 2.25. The molecule has 0 heterocycles. The first-order chi connectivity index (χ1) is 10.9. The fourth-order valence-electron chi connectivity index (χ4n) is 2.01. The number of Topliss-reactive ketones (excluding diaryl/α,β-unsaturated/α-hetero) is 1. The van der Waals surface area contributed by atoms with Gasteiger partial charge >= 0.3 is 12.1 Å². The molecule has 1 aromatic rings. The van der Waals surface area contributed by atoms with E-state index in [0.717, 1.165) is 5.56 Å². The number of ketones is 1. The van der Waals surface area contributed by atoms with Gasteiger partial charge < -0.3 is 14.8 Å². The Labute approximate surface area is 136 Å². The molecule has 0 saturated carbocycles. The molecule has 0 aliphatic carbocycles. The Morgan fingerprint density at radius 2 is 1.74 bits per heavy atom. The maximum absolute atomic E-state index is 11.8. The monoisotopic (exact) mass is 321 g/mol. The molecule has 6 nitrogen and oxygen atoms in total. The van der Waals surface area contributed by atoms with Gasteiger partial charge in [-0.3, -0.25) is 4.79 Å². The lowest BCUT2D eigenvalue weighted by atomic mass is 10.0. The van der Waals surface area contributed by atoms with Gasteiger partial charge in [0.25, 0.3) is 0 Å². The summed E-state index contributed by atoms with van der Waals surface area (Å²) in [7, 11) is 1.21. The van der Waals surface area contributed by atoms with Crippen molar-refractivity contribution < 1.29 is 23.9 Å². The van der Waals surface area contributed by atoms with E-state index in [2.05, 4.69) is 10.1 Å². The molecule has 0 saturated heterocycles. The first kappa shape index (κ1) is 18.7. The summed E-state index contributed by atoms with van der Waals surface area (Å²) in [6, 6.07) is 8.12. The second kappa shape index (κ2) is 9.61. The average molecular weight is 321 g/mol. The number of benzene rings is 1. The van der Waals surface area contributed by atoms with Crippen molar-refractivity contribution in [1.29, 1.82) is 0 Å². The molecule has 0 bridgehead atoms. The molecule has 0 spiro atoms. The molecular weight excluding hydrogens is 298 g/mol. The predicted molar refractivity (Wildman–Crippen MR) is 84.6 cm³/mol. The van der Waals surface area contributed by atoms with Gasteiger partial charge in [0, 0.05) is 12.8 Å². The molecule has 0 aliphatic rings. The second-order valence-electron chi connectivity index (χ2n) is 5.62. The van der Waals surface area contributed by atoms with Crippen molar-refractivity contribution in [3.63, 3.8) is 0 Å². The predicted octanol–water partition coefficient (Wildman–Crippen LogP) is 2.46. The highest BCUT2D eigenvalue weighted by Crippen LogP contribution is 2.07. The minimum absolute atomic E-state index is 0.0838. The van der Waals surface area contributed by atoms with E-state index in [1.165, 1.54) is 7.11 Å². The van der Waals surface area contributed by atoms with Crippen molar-refractivity contribution in [3.8, 4) is 0 Å². The van der Waals surface area contributed by atoms with E-state index in [9.17, 15) is 14.4 Å². The van der Waals surface area contributed by atoms with Crippen molar-refractivity contribution in [1.82, 2.24) is 5.32 Å². The number of ether oxygens (including phenoxy) is 2. The Hall–Kier alpha value is -2.37. The van der Waals surface area contributed by atoms with Crippen molar-refractivity contribution in [2.24, 2.45) is 5.92 Å². The summed E-state index contributed by atoms with van der Waals surface area (Å²) in [5.74, 6) is -0.594. The lowest BCUT2D eigenvalue weighted by molar-refractivity contribution is -0.144. The van der Waals surface area contributed by atoms with Gasteiger partial charge in [-0.25, -0.2) is 9.59 Å². The van der Waals surface area contributed by atoms with Gasteiger partial charge in [-0.2, -0.15) is 0 Å². The topological polar surface area (TPSA) is 81.7 Å². The molecule has 1 unspecified atom stereocenters. The number of carbonyl (C=O) groups excluding carboxylic acids is 3. The van der Waals surface area contributed by atoms with Crippen LogP contribution in [0, 0.1) is 5.92 Å². The third kappa shape index (κ3) is 7.44. The van der Waals surface area contributed by atoms with Crippen molar-refractivity contribution in [2.75, 3.05) is 7.11 Å². The van der Waals surface area contributed by atoms with E-state index >= 15 is 0 Å². The van der Waals surface area contributed by atoms with Gasteiger partial charge in [0.05, 0.1) is 7.11 Å². The minimum atomic E-state index is -1.03. The number of esters is 1. The van der Waals surface area contributed by atoms with Crippen LogP contribution in [0.5, 0.6) is 0 Å². The largest absolute Gasteiger partial charge is 0.467 e. The molecule has 1 atom stereocenters. The first-order valence-corrected chi connectivity index (χ1v) is 7.49. The number of alkyl carbamates (subject to hydrolysis) is 1. The average Bonchev–Trinajstić information content (AvgIpc) is 2.51. The van der Waals surface area contributed by atoms with Gasteiger partial charge in [0.2, 0.25) is 0 Å². The number of methoxy groups -OCH3 is 1. The Kier molecular flexibility index (Phi) is 7.80. The van der Waals surface area contributed by atoms with E-state index in [1.54, 1.807) is 0 Å². The zero-order valence-corrected chi connectivity index (χ0v) is 13.7. The number of hydrogen-bond acceptors (Lipinski definition) is 5. The first-order valence-electron chi connectivity index (χ1n) is 7.49. The van der Waals surface area contributed by atoms with E-state index in [1.807, 2.05) is 44.2 Å². The third-order valence-electron chi connectivity index (χ3n) is 3.06. The molecular formula is C17H23NO5. The standard InChI is InChI=1S/C17H23NO5/c1-12(2)9-14(19)10-15(16(20)22-3)18-17(21)23-11-13-7-5-4-6-8-13/h4-8,12,15H,9-11H2,1-3H3,(H,18,21). The molecule has 1 N–H and O–H groups in total. The summed E-state index contributed by atoms with van der Waals surface area (Å²) in [6.45, 7) is 3.90. The summed E-state index contributed by atoms with van der Waals surface area (Å²) in [5.41, 5.74) is 0.827. The highest BCUT2D eigenvalue weighted by atomic mass is 16.6. The molecule has 23 heavy (non-hydrogen) atoms. The van der Waals surface area contributed by atoms with E-state index in [0.29, 0.717) is 6.42 Å². The maximum atomic E-state index is 11.8. The van der Waals surface area contributed by atoms with Crippen LogP contribution in [0.1, 0.15) is 32.3 Å². The van der Waals surface area contributed by atoms with Crippen LogP contribution in [-0.4, -0.2) is 31.0 Å². The van der Waals surface area contributed by atoms with Crippen LogP contribution in [0.4, 0.5) is 4.79 Å². The van der Waals surface area contributed by atoms with E-state index in [-0.39, 0.29) is 24.7 Å². The number of amides is 1. The van der Waals surface area contributed by atoms with Crippen LogP contribution in [0.15, 0.2) is 30.3 Å². The van der Waals surface area contributed by atoms with Crippen LogP contribution in [-0.2, 0) is 25.7 Å². The van der Waals surface area contributed by atoms with Crippen LogP contribution < -0.4 is 5.32 Å². The SMILES string of the molecule is COC(=O)C(CC(=O)CC(C)C)NC(=O)OCc1ccccc1. The second-order valence-corrected chi connectivity index (χ2v) is 5.62. The Morgan fingerprint density at radius 1 is 1.09 bits per heavy atom. The Morgan fingerprint density at radius 3 is 2.30 bits per heavy atom.